The number of carbonyl (C=O) groups is 1. The zero-order valence-electron chi connectivity index (χ0n) is 20.4. The van der Waals surface area contributed by atoms with Gasteiger partial charge in [-0.1, -0.05) is 45.0 Å². The van der Waals surface area contributed by atoms with Gasteiger partial charge in [-0.15, -0.1) is 11.3 Å². The summed E-state index contributed by atoms with van der Waals surface area (Å²) in [4.78, 5) is 21.3. The molecule has 0 saturated heterocycles. The Morgan fingerprint density at radius 2 is 1.80 bits per heavy atom. The molecule has 1 aliphatic rings. The number of aromatic nitrogens is 1. The summed E-state index contributed by atoms with van der Waals surface area (Å²) in [6.07, 6.45) is 0.161. The number of fused-ring (bicyclic) bond motifs is 1. The standard InChI is InChI=1S/C26H31N3O4S2/c1-5-35(31,32)21-12-8-18(9-13-21)14-23(30)27-26-28-24-22(34-26)16-29(25(24)17(2)3)15-19-6-10-20(33-4)11-7-19/h6-13,17,25H,5,14-16H2,1-4H3,(H,27,28,30). The van der Waals surface area contributed by atoms with Crippen LogP contribution in [0.5, 0.6) is 5.75 Å². The average molecular weight is 514 g/mol. The summed E-state index contributed by atoms with van der Waals surface area (Å²) < 4.78 is 29.2. The lowest BCUT2D eigenvalue weighted by Crippen LogP contribution is -2.26. The number of thiazole rings is 1. The van der Waals surface area contributed by atoms with E-state index in [1.165, 1.54) is 21.8 Å². The third-order valence-corrected chi connectivity index (χ3v) is 8.92. The highest BCUT2D eigenvalue weighted by molar-refractivity contribution is 7.91. The molecule has 9 heteroatoms. The van der Waals surface area contributed by atoms with Crippen LogP contribution < -0.4 is 10.1 Å². The number of nitrogens with one attached hydrogen (secondary N) is 1. The molecule has 0 bridgehead atoms. The number of methoxy groups -OCH3 is 1. The fourth-order valence-corrected chi connectivity index (χ4v) is 6.33. The zero-order valence-corrected chi connectivity index (χ0v) is 22.1. The average Bonchev–Trinajstić information content (AvgIpc) is 3.36. The molecule has 1 atom stereocenters. The van der Waals surface area contributed by atoms with E-state index in [2.05, 4.69) is 36.2 Å². The maximum atomic E-state index is 12.6. The molecule has 0 fully saturated rings. The number of amides is 1. The Morgan fingerprint density at radius 1 is 1.14 bits per heavy atom. The van der Waals surface area contributed by atoms with E-state index in [0.717, 1.165) is 30.1 Å². The molecule has 186 valence electrons. The molecule has 1 N–H and O–H groups in total. The molecule has 0 saturated carbocycles. The third-order valence-electron chi connectivity index (χ3n) is 6.20. The Morgan fingerprint density at radius 3 is 2.40 bits per heavy atom. The molecule has 4 rings (SSSR count). The van der Waals surface area contributed by atoms with Gasteiger partial charge in [-0.3, -0.25) is 9.69 Å². The predicted octanol–water partition coefficient (Wildman–Crippen LogP) is 4.84. The van der Waals surface area contributed by atoms with E-state index in [1.54, 1.807) is 38.3 Å². The highest BCUT2D eigenvalue weighted by Gasteiger charge is 2.36. The van der Waals surface area contributed by atoms with Gasteiger partial charge in [0.1, 0.15) is 5.75 Å². The number of benzene rings is 2. The van der Waals surface area contributed by atoms with E-state index in [9.17, 15) is 13.2 Å². The minimum atomic E-state index is -3.25. The van der Waals surface area contributed by atoms with Gasteiger partial charge in [0, 0.05) is 18.0 Å². The smallest absolute Gasteiger partial charge is 0.230 e. The Bertz CT molecular complexity index is 1280. The number of carbonyl (C=O) groups excluding carboxylic acids is 1. The van der Waals surface area contributed by atoms with Crippen LogP contribution in [0.2, 0.25) is 0 Å². The Balaban J connectivity index is 1.41. The van der Waals surface area contributed by atoms with Gasteiger partial charge in [0.2, 0.25) is 5.91 Å². The first kappa shape index (κ1) is 25.3. The fraction of sp³-hybridized carbons (Fsp3) is 0.385. The molecule has 1 unspecified atom stereocenters. The van der Waals surface area contributed by atoms with Crippen molar-refractivity contribution >= 4 is 32.2 Å². The second-order valence-electron chi connectivity index (χ2n) is 9.04. The van der Waals surface area contributed by atoms with Crippen LogP contribution in [0.3, 0.4) is 0 Å². The van der Waals surface area contributed by atoms with E-state index in [0.29, 0.717) is 11.0 Å². The summed E-state index contributed by atoms with van der Waals surface area (Å²) in [7, 11) is -1.58. The van der Waals surface area contributed by atoms with E-state index >= 15 is 0 Å². The van der Waals surface area contributed by atoms with Gasteiger partial charge in [-0.05, 0) is 41.3 Å². The van der Waals surface area contributed by atoms with Crippen LogP contribution in [0.15, 0.2) is 53.4 Å². The number of hydrogen-bond acceptors (Lipinski definition) is 7. The van der Waals surface area contributed by atoms with E-state index in [4.69, 9.17) is 9.72 Å². The van der Waals surface area contributed by atoms with Gasteiger partial charge >= 0.3 is 0 Å². The number of hydrogen-bond donors (Lipinski definition) is 1. The first-order valence-electron chi connectivity index (χ1n) is 11.7. The van der Waals surface area contributed by atoms with Crippen molar-refractivity contribution < 1.29 is 17.9 Å². The first-order chi connectivity index (χ1) is 16.7. The highest BCUT2D eigenvalue weighted by Crippen LogP contribution is 2.43. The second kappa shape index (κ2) is 10.5. The maximum Gasteiger partial charge on any atom is 0.230 e. The molecule has 1 aromatic heterocycles. The molecular weight excluding hydrogens is 482 g/mol. The van der Waals surface area contributed by atoms with Crippen LogP contribution in [-0.4, -0.2) is 37.1 Å². The molecule has 7 nitrogen and oxygen atoms in total. The summed E-state index contributed by atoms with van der Waals surface area (Å²) >= 11 is 1.53. The Labute approximate surface area is 211 Å². The highest BCUT2D eigenvalue weighted by atomic mass is 32.2. The number of anilines is 1. The van der Waals surface area contributed by atoms with Gasteiger partial charge < -0.3 is 10.1 Å². The largest absolute Gasteiger partial charge is 0.497 e. The molecule has 3 aromatic rings. The van der Waals surface area contributed by atoms with Crippen LogP contribution in [0.4, 0.5) is 5.13 Å². The minimum absolute atomic E-state index is 0.0520. The lowest BCUT2D eigenvalue weighted by Gasteiger charge is -2.27. The van der Waals surface area contributed by atoms with Crippen molar-refractivity contribution in [1.29, 1.82) is 0 Å². The number of ether oxygens (including phenoxy) is 1. The predicted molar refractivity (Wildman–Crippen MR) is 138 cm³/mol. The first-order valence-corrected chi connectivity index (χ1v) is 14.1. The van der Waals surface area contributed by atoms with E-state index in [-0.39, 0.29) is 29.0 Å². The quantitative estimate of drug-likeness (QED) is 0.441. The van der Waals surface area contributed by atoms with Crippen molar-refractivity contribution in [2.45, 2.75) is 51.2 Å². The summed E-state index contributed by atoms with van der Waals surface area (Å²) in [5.74, 6) is 1.10. The van der Waals surface area contributed by atoms with Crippen LogP contribution in [0.1, 0.15) is 48.5 Å². The summed E-state index contributed by atoms with van der Waals surface area (Å²) in [5, 5.41) is 3.54. The topological polar surface area (TPSA) is 88.6 Å². The van der Waals surface area contributed by atoms with Crippen molar-refractivity contribution in [2.24, 2.45) is 5.92 Å². The zero-order chi connectivity index (χ0) is 25.2. The van der Waals surface area contributed by atoms with Gasteiger partial charge in [0.15, 0.2) is 15.0 Å². The van der Waals surface area contributed by atoms with E-state index in [1.807, 2.05) is 12.1 Å². The van der Waals surface area contributed by atoms with Gasteiger partial charge in [0.05, 0.1) is 35.9 Å². The van der Waals surface area contributed by atoms with Crippen molar-refractivity contribution in [3.8, 4) is 5.75 Å². The van der Waals surface area contributed by atoms with E-state index < -0.39 is 9.84 Å². The molecule has 0 radical (unpaired) electrons. The van der Waals surface area contributed by atoms with Gasteiger partial charge in [0.25, 0.3) is 0 Å². The molecule has 1 amide bonds. The lowest BCUT2D eigenvalue weighted by atomic mass is 10.0. The third kappa shape index (κ3) is 5.74. The number of sulfone groups is 1. The lowest BCUT2D eigenvalue weighted by molar-refractivity contribution is -0.115. The van der Waals surface area contributed by atoms with Crippen LogP contribution in [-0.2, 0) is 34.1 Å². The number of rotatable bonds is 9. The van der Waals surface area contributed by atoms with Crippen LogP contribution >= 0.6 is 11.3 Å². The maximum absolute atomic E-state index is 12.6. The molecular formula is C26H31N3O4S2. The van der Waals surface area contributed by atoms with Crippen LogP contribution in [0.25, 0.3) is 0 Å². The monoisotopic (exact) mass is 513 g/mol. The Kier molecular flexibility index (Phi) is 7.59. The van der Waals surface area contributed by atoms with Crippen molar-refractivity contribution in [1.82, 2.24) is 9.88 Å². The van der Waals surface area contributed by atoms with Gasteiger partial charge in [-0.2, -0.15) is 0 Å². The molecule has 35 heavy (non-hydrogen) atoms. The van der Waals surface area contributed by atoms with Gasteiger partial charge in [-0.25, -0.2) is 13.4 Å². The van der Waals surface area contributed by atoms with Crippen LogP contribution in [0, 0.1) is 5.92 Å². The SMILES string of the molecule is CCS(=O)(=O)c1ccc(CC(=O)Nc2nc3c(s2)CN(Cc2ccc(OC)cc2)C3C(C)C)cc1. The van der Waals surface area contributed by atoms with Crippen molar-refractivity contribution in [3.05, 3.63) is 70.2 Å². The molecule has 0 aliphatic carbocycles. The van der Waals surface area contributed by atoms with Crippen molar-refractivity contribution in [2.75, 3.05) is 18.2 Å². The normalized spacial score (nSPS) is 15.9. The summed E-state index contributed by atoms with van der Waals surface area (Å²) in [5.41, 5.74) is 3.02. The molecule has 1 aliphatic heterocycles. The molecule has 0 spiro atoms. The Hall–Kier alpha value is -2.75. The van der Waals surface area contributed by atoms with Crippen molar-refractivity contribution in [3.63, 3.8) is 0 Å². The molecule has 2 aromatic carbocycles. The fourth-order valence-electron chi connectivity index (χ4n) is 4.40. The summed E-state index contributed by atoms with van der Waals surface area (Å²) in [6.45, 7) is 7.62. The number of nitrogens with zero attached hydrogens (tertiary/aromatic N) is 2. The minimum Gasteiger partial charge on any atom is -0.497 e. The molecule has 2 heterocycles. The summed E-state index contributed by atoms with van der Waals surface area (Å²) in [6, 6.07) is 14.8. The second-order valence-corrected chi connectivity index (χ2v) is 12.4.